The lowest BCUT2D eigenvalue weighted by Crippen LogP contribution is -2.35. The number of benzene rings is 2. The van der Waals surface area contributed by atoms with Crippen LogP contribution in [0, 0.1) is 23.5 Å². The molecule has 135 valence electrons. The lowest BCUT2D eigenvalue weighted by molar-refractivity contribution is -0.0584. The normalized spacial score (nSPS) is 20.2. The van der Waals surface area contributed by atoms with Crippen LogP contribution in [0.3, 0.4) is 0 Å². The minimum absolute atomic E-state index is 0.143. The summed E-state index contributed by atoms with van der Waals surface area (Å²) in [5.41, 5.74) is -2.36. The number of halogens is 7. The first kappa shape index (κ1) is 18.1. The maximum absolute atomic E-state index is 14.3. The van der Waals surface area contributed by atoms with Gasteiger partial charge in [0.05, 0.1) is 0 Å². The molecule has 9 heteroatoms. The van der Waals surface area contributed by atoms with E-state index in [0.29, 0.717) is 12.1 Å². The van der Waals surface area contributed by atoms with Gasteiger partial charge < -0.3 is 0 Å². The van der Waals surface area contributed by atoms with Crippen LogP contribution >= 0.6 is 0 Å². The second kappa shape index (κ2) is 5.94. The highest BCUT2D eigenvalue weighted by atomic mass is 19.4. The van der Waals surface area contributed by atoms with Gasteiger partial charge in [-0.1, -0.05) is 17.2 Å². The SMILES string of the molecule is C[N+]1(c2ccccc2-c2cc(F)c(F)cc2F)N=C(C(F)(F)F)[C]=C1F. The monoisotopic (exact) mass is 374 g/mol. The molecule has 2 aromatic rings. The largest absolute Gasteiger partial charge is 0.439 e. The molecule has 1 aliphatic heterocycles. The molecule has 1 atom stereocenters. The molecule has 0 saturated heterocycles. The van der Waals surface area contributed by atoms with Crippen molar-refractivity contribution in [2.45, 2.75) is 6.18 Å². The van der Waals surface area contributed by atoms with Crippen molar-refractivity contribution in [3.05, 3.63) is 65.9 Å². The Morgan fingerprint density at radius 3 is 2.12 bits per heavy atom. The molecule has 0 bridgehead atoms. The zero-order chi connectivity index (χ0) is 19.3. The van der Waals surface area contributed by atoms with E-state index in [1.54, 1.807) is 0 Å². The third-order valence-corrected chi connectivity index (χ3v) is 3.85. The summed E-state index contributed by atoms with van der Waals surface area (Å²) in [5.74, 6) is -5.33. The van der Waals surface area contributed by atoms with E-state index >= 15 is 0 Å². The molecule has 0 amide bonds. The molecule has 0 N–H and O–H groups in total. The molecule has 3 rings (SSSR count). The lowest BCUT2D eigenvalue weighted by Gasteiger charge is -2.24. The van der Waals surface area contributed by atoms with Crippen LogP contribution in [-0.4, -0.2) is 18.9 Å². The van der Waals surface area contributed by atoms with Gasteiger partial charge in [0.15, 0.2) is 17.3 Å². The molecule has 0 aliphatic carbocycles. The number of allylic oxidation sites excluding steroid dienone is 1. The first-order valence-corrected chi connectivity index (χ1v) is 7.12. The average Bonchev–Trinajstić information content (AvgIpc) is 2.88. The first-order valence-electron chi connectivity index (χ1n) is 7.12. The van der Waals surface area contributed by atoms with E-state index in [2.05, 4.69) is 5.10 Å². The molecule has 1 heterocycles. The summed E-state index contributed by atoms with van der Waals surface area (Å²) in [6.07, 6.45) is -3.42. The summed E-state index contributed by atoms with van der Waals surface area (Å²) < 4.78 is 92.3. The van der Waals surface area contributed by atoms with Gasteiger partial charge in [0.2, 0.25) is 5.71 Å². The molecule has 0 fully saturated rings. The molecule has 2 nitrogen and oxygen atoms in total. The number of hydrogen-bond donors (Lipinski definition) is 0. The molecular formula is C17H9F7N2+. The second-order valence-electron chi connectivity index (χ2n) is 5.58. The fourth-order valence-electron chi connectivity index (χ4n) is 2.57. The highest BCUT2D eigenvalue weighted by Crippen LogP contribution is 2.42. The van der Waals surface area contributed by atoms with Crippen LogP contribution in [0.25, 0.3) is 11.1 Å². The summed E-state index contributed by atoms with van der Waals surface area (Å²) in [5, 5.41) is 3.31. The number of para-hydroxylation sites is 1. The van der Waals surface area contributed by atoms with Gasteiger partial charge in [-0.3, -0.25) is 0 Å². The van der Waals surface area contributed by atoms with E-state index in [1.807, 2.05) is 0 Å². The molecule has 0 aromatic heterocycles. The molecule has 1 unspecified atom stereocenters. The van der Waals surface area contributed by atoms with E-state index in [4.69, 9.17) is 0 Å². The Labute approximate surface area is 143 Å². The van der Waals surface area contributed by atoms with Gasteiger partial charge in [0, 0.05) is 23.3 Å². The highest BCUT2D eigenvalue weighted by Gasteiger charge is 2.49. The maximum Gasteiger partial charge on any atom is 0.439 e. The summed E-state index contributed by atoms with van der Waals surface area (Å²) in [7, 11) is 0.998. The third kappa shape index (κ3) is 2.88. The van der Waals surface area contributed by atoms with Gasteiger partial charge in [-0.05, 0) is 12.1 Å². The van der Waals surface area contributed by atoms with Crippen molar-refractivity contribution in [2.24, 2.45) is 5.10 Å². The van der Waals surface area contributed by atoms with E-state index in [1.165, 1.54) is 30.3 Å². The first-order chi connectivity index (χ1) is 12.0. The number of hydrogen-bond acceptors (Lipinski definition) is 1. The smallest absolute Gasteiger partial charge is 0.206 e. The zero-order valence-corrected chi connectivity index (χ0v) is 13.0. The Hall–Kier alpha value is -2.68. The van der Waals surface area contributed by atoms with Crippen molar-refractivity contribution in [1.82, 2.24) is 4.59 Å². The van der Waals surface area contributed by atoms with Crippen LogP contribution in [0.2, 0.25) is 0 Å². The van der Waals surface area contributed by atoms with Gasteiger partial charge in [0.1, 0.15) is 18.9 Å². The molecule has 0 saturated carbocycles. The lowest BCUT2D eigenvalue weighted by atomic mass is 10.0. The number of rotatable bonds is 2. The quantitative estimate of drug-likeness (QED) is 0.295. The minimum atomic E-state index is -4.93. The van der Waals surface area contributed by atoms with Crippen LogP contribution in [0.4, 0.5) is 36.4 Å². The van der Waals surface area contributed by atoms with Crippen molar-refractivity contribution < 1.29 is 30.7 Å². The Morgan fingerprint density at radius 2 is 1.50 bits per heavy atom. The number of nitrogens with zero attached hydrogens (tertiary/aromatic N) is 2. The van der Waals surface area contributed by atoms with Gasteiger partial charge >= 0.3 is 12.1 Å². The summed E-state index contributed by atoms with van der Waals surface area (Å²) in [6.45, 7) is 0. The van der Waals surface area contributed by atoms with Gasteiger partial charge in [0.25, 0.3) is 0 Å². The maximum atomic E-state index is 14.3. The van der Waals surface area contributed by atoms with Crippen LogP contribution < -0.4 is 4.59 Å². The van der Waals surface area contributed by atoms with E-state index < -0.39 is 45.4 Å². The van der Waals surface area contributed by atoms with Gasteiger partial charge in [-0.2, -0.15) is 13.2 Å². The second-order valence-corrected chi connectivity index (χ2v) is 5.58. The van der Waals surface area contributed by atoms with Gasteiger partial charge in [-0.15, -0.1) is 8.98 Å². The molecule has 1 aliphatic rings. The zero-order valence-electron chi connectivity index (χ0n) is 13.0. The Morgan fingerprint density at radius 1 is 0.885 bits per heavy atom. The Bertz CT molecular complexity index is 947. The Kier molecular flexibility index (Phi) is 4.14. The van der Waals surface area contributed by atoms with E-state index in [9.17, 15) is 30.7 Å². The fourth-order valence-corrected chi connectivity index (χ4v) is 2.57. The average molecular weight is 374 g/mol. The van der Waals surface area contributed by atoms with Crippen LogP contribution in [0.1, 0.15) is 0 Å². The number of quaternary nitrogens is 1. The Balaban J connectivity index is 2.23. The fraction of sp³-hybridized carbons (Fsp3) is 0.118. The summed E-state index contributed by atoms with van der Waals surface area (Å²) in [4.78, 5) is 0. The molecule has 26 heavy (non-hydrogen) atoms. The van der Waals surface area contributed by atoms with Crippen molar-refractivity contribution >= 4 is 11.4 Å². The van der Waals surface area contributed by atoms with Crippen LogP contribution in [0.15, 0.2) is 47.5 Å². The van der Waals surface area contributed by atoms with Crippen LogP contribution in [-0.2, 0) is 0 Å². The molecule has 0 spiro atoms. The van der Waals surface area contributed by atoms with Crippen molar-refractivity contribution in [3.63, 3.8) is 0 Å². The van der Waals surface area contributed by atoms with Crippen LogP contribution in [0.5, 0.6) is 0 Å². The van der Waals surface area contributed by atoms with Crippen molar-refractivity contribution in [1.29, 1.82) is 0 Å². The summed E-state index contributed by atoms with van der Waals surface area (Å²) >= 11 is 0. The molecular weight excluding hydrogens is 365 g/mol. The predicted molar refractivity (Wildman–Crippen MR) is 80.8 cm³/mol. The van der Waals surface area contributed by atoms with E-state index in [-0.39, 0.29) is 11.3 Å². The topological polar surface area (TPSA) is 12.4 Å². The minimum Gasteiger partial charge on any atom is -0.206 e. The third-order valence-electron chi connectivity index (χ3n) is 3.85. The standard InChI is InChI=1S/C17H9F7N2/c1-26(16(21)8-15(25-26)17(22,23)24)14-5-3-2-4-9(14)10-6-12(19)13(20)7-11(10)18/h2-7H,1H3/q+1. The predicted octanol–water partition coefficient (Wildman–Crippen LogP) is 5.25. The van der Waals surface area contributed by atoms with Crippen molar-refractivity contribution in [2.75, 3.05) is 7.05 Å². The molecule has 2 aromatic carbocycles. The van der Waals surface area contributed by atoms with E-state index in [0.717, 1.165) is 7.05 Å². The van der Waals surface area contributed by atoms with Crippen molar-refractivity contribution in [3.8, 4) is 11.1 Å². The number of alkyl halides is 3. The summed E-state index contributed by atoms with van der Waals surface area (Å²) in [6, 6.07) is 6.05. The molecule has 1 radical (unpaired) electrons. The van der Waals surface area contributed by atoms with Gasteiger partial charge in [-0.25, -0.2) is 13.2 Å². The highest BCUT2D eigenvalue weighted by molar-refractivity contribution is 5.99.